The molecule has 0 aromatic heterocycles. The maximum atomic E-state index is 12.3. The van der Waals surface area contributed by atoms with Gasteiger partial charge in [0.1, 0.15) is 0 Å². The number of nitrogens with two attached hydrogens (primary N) is 1. The van der Waals surface area contributed by atoms with Gasteiger partial charge in [0, 0.05) is 12.1 Å². The zero-order chi connectivity index (χ0) is 9.68. The average Bonchev–Trinajstić information content (AvgIpc) is 2.16. The smallest absolute Gasteiger partial charge is 0.0730 e. The summed E-state index contributed by atoms with van der Waals surface area (Å²) in [6.07, 6.45) is 5.41. The van der Waals surface area contributed by atoms with Gasteiger partial charge in [-0.2, -0.15) is 5.54 Å². The van der Waals surface area contributed by atoms with Crippen LogP contribution in [0.25, 0.3) is 0 Å². The fraction of sp³-hybridized carbons (Fsp3) is 0.200. The van der Waals surface area contributed by atoms with Crippen LogP contribution >= 0.6 is 0 Å². The van der Waals surface area contributed by atoms with Crippen LogP contribution in [0.2, 0.25) is 0 Å². The third-order valence-electron chi connectivity index (χ3n) is 1.79. The Morgan fingerprint density at radius 3 is 2.54 bits per heavy atom. The first-order valence-electron chi connectivity index (χ1n) is 3.93. The number of benzene rings is 1. The molecule has 1 aromatic rings. The molecule has 1 rings (SSSR count). The topological polar surface area (TPSA) is 38.0 Å². The van der Waals surface area contributed by atoms with E-state index in [4.69, 9.17) is 12.2 Å². The first-order valence-corrected chi connectivity index (χ1v) is 3.93. The molecule has 3 heteroatoms. The molecule has 1 atom stereocenters. The maximum absolute atomic E-state index is 12.3. The molecule has 0 saturated heterocycles. The zero-order valence-electron chi connectivity index (χ0n) is 7.13. The van der Waals surface area contributed by atoms with E-state index in [0.29, 0.717) is 12.1 Å². The first kappa shape index (κ1) is 9.56. The molecule has 0 bridgehead atoms. The SMILES string of the molecule is C#CCC(NF)c1ccc(N)cc1. The van der Waals surface area contributed by atoms with Gasteiger partial charge in [0.05, 0.1) is 6.04 Å². The van der Waals surface area contributed by atoms with E-state index >= 15 is 0 Å². The summed E-state index contributed by atoms with van der Waals surface area (Å²) in [5, 5.41) is 0. The van der Waals surface area contributed by atoms with Crippen molar-refractivity contribution in [2.24, 2.45) is 0 Å². The van der Waals surface area contributed by atoms with E-state index in [1.165, 1.54) is 0 Å². The summed E-state index contributed by atoms with van der Waals surface area (Å²) in [6.45, 7) is 0. The van der Waals surface area contributed by atoms with Crippen LogP contribution in [-0.2, 0) is 0 Å². The molecule has 0 aliphatic rings. The largest absolute Gasteiger partial charge is 0.399 e. The van der Waals surface area contributed by atoms with Gasteiger partial charge in [0.2, 0.25) is 0 Å². The van der Waals surface area contributed by atoms with Crippen molar-refractivity contribution < 1.29 is 4.48 Å². The average molecular weight is 178 g/mol. The summed E-state index contributed by atoms with van der Waals surface area (Å²) in [6, 6.07) is 6.51. The van der Waals surface area contributed by atoms with Gasteiger partial charge in [-0.25, -0.2) is 0 Å². The van der Waals surface area contributed by atoms with Gasteiger partial charge < -0.3 is 5.73 Å². The minimum atomic E-state index is -0.439. The van der Waals surface area contributed by atoms with Gasteiger partial charge >= 0.3 is 0 Å². The lowest BCUT2D eigenvalue weighted by Gasteiger charge is -2.10. The Morgan fingerprint density at radius 2 is 2.08 bits per heavy atom. The van der Waals surface area contributed by atoms with E-state index < -0.39 is 6.04 Å². The van der Waals surface area contributed by atoms with Crippen LogP contribution in [0.4, 0.5) is 10.2 Å². The van der Waals surface area contributed by atoms with E-state index in [9.17, 15) is 4.48 Å². The molecule has 0 radical (unpaired) electrons. The van der Waals surface area contributed by atoms with Gasteiger partial charge in [-0.05, 0) is 17.7 Å². The Hall–Kier alpha value is -1.53. The molecule has 0 spiro atoms. The zero-order valence-corrected chi connectivity index (χ0v) is 7.13. The van der Waals surface area contributed by atoms with E-state index in [1.807, 2.05) is 0 Å². The number of rotatable bonds is 3. The third-order valence-corrected chi connectivity index (χ3v) is 1.79. The van der Waals surface area contributed by atoms with Crippen molar-refractivity contribution in [3.63, 3.8) is 0 Å². The molecule has 1 unspecified atom stereocenters. The summed E-state index contributed by atoms with van der Waals surface area (Å²) in [7, 11) is 0. The lowest BCUT2D eigenvalue weighted by molar-refractivity contribution is 0.275. The van der Waals surface area contributed by atoms with Crippen LogP contribution in [0, 0.1) is 12.3 Å². The lowest BCUT2D eigenvalue weighted by atomic mass is 10.0. The van der Waals surface area contributed by atoms with Crippen molar-refractivity contribution in [2.45, 2.75) is 12.5 Å². The van der Waals surface area contributed by atoms with E-state index in [0.717, 1.165) is 5.56 Å². The molecule has 0 aliphatic carbocycles. The molecule has 0 fully saturated rings. The molecule has 3 N–H and O–H groups in total. The van der Waals surface area contributed by atoms with Gasteiger partial charge in [-0.15, -0.1) is 16.8 Å². The van der Waals surface area contributed by atoms with Crippen LogP contribution in [0.15, 0.2) is 24.3 Å². The van der Waals surface area contributed by atoms with Gasteiger partial charge in [0.15, 0.2) is 0 Å². The highest BCUT2D eigenvalue weighted by Gasteiger charge is 2.08. The number of hydrogen-bond acceptors (Lipinski definition) is 2. The number of halogens is 1. The predicted molar refractivity (Wildman–Crippen MR) is 51.3 cm³/mol. The monoisotopic (exact) mass is 178 g/mol. The standard InChI is InChI=1S/C10H11FN2/c1-2-3-10(13-11)8-4-6-9(12)7-5-8/h1,4-7,10,13H,3,12H2. The fourth-order valence-corrected chi connectivity index (χ4v) is 1.07. The quantitative estimate of drug-likeness (QED) is 0.421. The number of hydrogen-bond donors (Lipinski definition) is 2. The van der Waals surface area contributed by atoms with Crippen molar-refractivity contribution in [2.75, 3.05) is 5.73 Å². The maximum Gasteiger partial charge on any atom is 0.0730 e. The van der Waals surface area contributed by atoms with Gasteiger partial charge in [-0.1, -0.05) is 12.1 Å². The van der Waals surface area contributed by atoms with Gasteiger partial charge in [0.25, 0.3) is 0 Å². The highest BCUT2D eigenvalue weighted by atomic mass is 19.2. The summed E-state index contributed by atoms with van der Waals surface area (Å²) >= 11 is 0. The molecule has 1 aromatic carbocycles. The Labute approximate surface area is 76.9 Å². The third kappa shape index (κ3) is 2.46. The second-order valence-corrected chi connectivity index (χ2v) is 2.74. The predicted octanol–water partition coefficient (Wildman–Crippen LogP) is 1.81. The Balaban J connectivity index is 2.80. The lowest BCUT2D eigenvalue weighted by Crippen LogP contribution is -2.11. The molecular formula is C10H11FN2. The molecular weight excluding hydrogens is 167 g/mol. The highest BCUT2D eigenvalue weighted by molar-refractivity contribution is 5.40. The number of anilines is 1. The van der Waals surface area contributed by atoms with E-state index in [1.54, 1.807) is 29.8 Å². The highest BCUT2D eigenvalue weighted by Crippen LogP contribution is 2.17. The van der Waals surface area contributed by atoms with Crippen molar-refractivity contribution >= 4 is 5.69 Å². The Kier molecular flexibility index (Phi) is 3.30. The summed E-state index contributed by atoms with van der Waals surface area (Å²) < 4.78 is 12.3. The summed E-state index contributed by atoms with van der Waals surface area (Å²) in [4.78, 5) is 0. The molecule has 0 aliphatic heterocycles. The van der Waals surface area contributed by atoms with Crippen LogP contribution in [0.5, 0.6) is 0 Å². The Bertz CT molecular complexity index is 300. The molecule has 68 valence electrons. The van der Waals surface area contributed by atoms with Gasteiger partial charge in [-0.3, -0.25) is 0 Å². The second kappa shape index (κ2) is 4.48. The van der Waals surface area contributed by atoms with Crippen molar-refractivity contribution in [1.82, 2.24) is 5.54 Å². The molecule has 0 amide bonds. The van der Waals surface area contributed by atoms with Crippen LogP contribution < -0.4 is 11.3 Å². The van der Waals surface area contributed by atoms with Crippen molar-refractivity contribution in [3.8, 4) is 12.3 Å². The summed E-state index contributed by atoms with van der Waals surface area (Å²) in [5.41, 5.74) is 8.60. The van der Waals surface area contributed by atoms with E-state index in [2.05, 4.69) is 5.92 Å². The number of terminal acetylenes is 1. The minimum absolute atomic E-state index is 0.320. The Morgan fingerprint density at radius 1 is 1.46 bits per heavy atom. The summed E-state index contributed by atoms with van der Waals surface area (Å²) in [5.74, 6) is 2.40. The molecule has 2 nitrogen and oxygen atoms in total. The first-order chi connectivity index (χ1) is 6.27. The van der Waals surface area contributed by atoms with Crippen molar-refractivity contribution in [3.05, 3.63) is 29.8 Å². The second-order valence-electron chi connectivity index (χ2n) is 2.74. The van der Waals surface area contributed by atoms with Crippen LogP contribution in [0.1, 0.15) is 18.0 Å². The van der Waals surface area contributed by atoms with Crippen LogP contribution in [0.3, 0.4) is 0 Å². The minimum Gasteiger partial charge on any atom is -0.399 e. The molecule has 0 heterocycles. The number of nitrogen functional groups attached to an aromatic ring is 1. The van der Waals surface area contributed by atoms with E-state index in [-0.39, 0.29) is 0 Å². The number of nitrogens with one attached hydrogen (secondary N) is 1. The van der Waals surface area contributed by atoms with Crippen LogP contribution in [-0.4, -0.2) is 0 Å². The van der Waals surface area contributed by atoms with Crippen molar-refractivity contribution in [1.29, 1.82) is 0 Å². The molecule has 0 saturated carbocycles. The normalized spacial score (nSPS) is 12.0. The fourth-order valence-electron chi connectivity index (χ4n) is 1.07. The molecule has 13 heavy (non-hydrogen) atoms.